The van der Waals surface area contributed by atoms with Gasteiger partial charge in [-0.2, -0.15) is 4.98 Å². The summed E-state index contributed by atoms with van der Waals surface area (Å²) in [7, 11) is 6.08. The Morgan fingerprint density at radius 2 is 1.78 bits per heavy atom. The van der Waals surface area contributed by atoms with Crippen molar-refractivity contribution in [3.05, 3.63) is 54.9 Å². The van der Waals surface area contributed by atoms with Gasteiger partial charge in [0.1, 0.15) is 11.6 Å². The molecular weight excluding hydrogens is 402 g/mol. The third-order valence-corrected chi connectivity index (χ3v) is 5.62. The number of benzene rings is 1. The molecule has 0 spiro atoms. The highest BCUT2D eigenvalue weighted by molar-refractivity contribution is 5.62. The summed E-state index contributed by atoms with van der Waals surface area (Å²) >= 11 is 0. The molecule has 1 fully saturated rings. The smallest absolute Gasteiger partial charge is 0.239 e. The summed E-state index contributed by atoms with van der Waals surface area (Å²) in [5, 5.41) is 3.13. The second kappa shape index (κ2) is 10.4. The molecular formula is C24H31N7O. The van der Waals surface area contributed by atoms with E-state index in [2.05, 4.69) is 44.3 Å². The molecule has 8 heteroatoms. The van der Waals surface area contributed by atoms with Crippen molar-refractivity contribution in [2.24, 2.45) is 0 Å². The van der Waals surface area contributed by atoms with Gasteiger partial charge in [-0.15, -0.1) is 0 Å². The first-order chi connectivity index (χ1) is 15.6. The number of nitrogens with one attached hydrogen (secondary N) is 1. The summed E-state index contributed by atoms with van der Waals surface area (Å²) in [4.78, 5) is 20.5. The number of hydrogen-bond donors (Lipinski definition) is 1. The van der Waals surface area contributed by atoms with E-state index in [1.807, 2.05) is 49.3 Å². The molecule has 32 heavy (non-hydrogen) atoms. The van der Waals surface area contributed by atoms with Crippen molar-refractivity contribution in [2.45, 2.75) is 0 Å². The van der Waals surface area contributed by atoms with Gasteiger partial charge in [0.15, 0.2) is 5.82 Å². The van der Waals surface area contributed by atoms with Crippen LogP contribution in [0.2, 0.25) is 0 Å². The topological polar surface area (TPSA) is 69.7 Å². The third-order valence-electron chi connectivity index (χ3n) is 5.62. The lowest BCUT2D eigenvalue weighted by Crippen LogP contribution is -2.44. The minimum Gasteiger partial charge on any atom is -0.437 e. The lowest BCUT2D eigenvalue weighted by atomic mass is 10.1. The van der Waals surface area contributed by atoms with Crippen LogP contribution in [-0.2, 0) is 0 Å². The van der Waals surface area contributed by atoms with Gasteiger partial charge in [-0.25, -0.2) is 4.98 Å². The maximum Gasteiger partial charge on any atom is 0.239 e. The number of rotatable bonds is 8. The number of aromatic nitrogens is 3. The zero-order chi connectivity index (χ0) is 22.3. The number of nitrogens with zero attached hydrogens (tertiary/aromatic N) is 6. The van der Waals surface area contributed by atoms with Crippen molar-refractivity contribution < 1.29 is 4.74 Å². The highest BCUT2D eigenvalue weighted by atomic mass is 16.5. The molecule has 1 N–H and O–H groups in total. The Morgan fingerprint density at radius 3 is 2.53 bits per heavy atom. The second-order valence-electron chi connectivity index (χ2n) is 8.04. The van der Waals surface area contributed by atoms with Gasteiger partial charge in [0, 0.05) is 51.9 Å². The van der Waals surface area contributed by atoms with Crippen molar-refractivity contribution >= 4 is 11.6 Å². The molecule has 0 saturated carbocycles. The molecule has 0 atom stereocenters. The minimum atomic E-state index is 0.474. The van der Waals surface area contributed by atoms with Crippen LogP contribution in [-0.4, -0.2) is 80.3 Å². The predicted octanol–water partition coefficient (Wildman–Crippen LogP) is 2.74. The summed E-state index contributed by atoms with van der Waals surface area (Å²) < 4.78 is 5.94. The van der Waals surface area contributed by atoms with E-state index in [9.17, 15) is 0 Å². The molecule has 168 valence electrons. The summed E-state index contributed by atoms with van der Waals surface area (Å²) in [6.45, 7) is 5.84. The van der Waals surface area contributed by atoms with Crippen LogP contribution in [0.1, 0.15) is 0 Å². The number of likely N-dealkylation sites (N-methyl/N-ethyl adjacent to an activating group) is 3. The van der Waals surface area contributed by atoms with Crippen LogP contribution < -0.4 is 19.9 Å². The maximum atomic E-state index is 5.94. The van der Waals surface area contributed by atoms with Crippen molar-refractivity contribution in [3.63, 3.8) is 0 Å². The Morgan fingerprint density at radius 1 is 1.00 bits per heavy atom. The number of pyridine rings is 1. The molecule has 2 aromatic heterocycles. The zero-order valence-corrected chi connectivity index (χ0v) is 19.0. The lowest BCUT2D eigenvalue weighted by Gasteiger charge is -2.33. The fraction of sp³-hybridized carbons (Fsp3) is 0.375. The van der Waals surface area contributed by atoms with Crippen molar-refractivity contribution in [3.8, 4) is 22.9 Å². The molecule has 8 nitrogen and oxygen atoms in total. The van der Waals surface area contributed by atoms with E-state index in [1.54, 1.807) is 12.4 Å². The van der Waals surface area contributed by atoms with Gasteiger partial charge in [0.25, 0.3) is 0 Å². The Labute approximate surface area is 189 Å². The van der Waals surface area contributed by atoms with Gasteiger partial charge in [-0.1, -0.05) is 6.07 Å². The normalized spacial score (nSPS) is 14.4. The molecule has 4 rings (SSSR count). The van der Waals surface area contributed by atoms with E-state index in [0.29, 0.717) is 11.6 Å². The van der Waals surface area contributed by atoms with Crippen LogP contribution >= 0.6 is 0 Å². The Kier molecular flexibility index (Phi) is 7.14. The predicted molar refractivity (Wildman–Crippen MR) is 129 cm³/mol. The first-order valence-corrected chi connectivity index (χ1v) is 11.0. The third kappa shape index (κ3) is 5.52. The van der Waals surface area contributed by atoms with Crippen molar-refractivity contribution in [1.29, 1.82) is 0 Å². The molecule has 3 aromatic rings. The van der Waals surface area contributed by atoms with Crippen LogP contribution in [0.15, 0.2) is 54.9 Å². The number of ether oxygens (including phenoxy) is 1. The van der Waals surface area contributed by atoms with Crippen molar-refractivity contribution in [1.82, 2.24) is 25.2 Å². The fourth-order valence-corrected chi connectivity index (χ4v) is 3.58. The van der Waals surface area contributed by atoms with E-state index in [0.717, 1.165) is 62.2 Å². The number of anilines is 2. The molecule has 1 aliphatic heterocycles. The maximum absolute atomic E-state index is 5.94. The van der Waals surface area contributed by atoms with E-state index >= 15 is 0 Å². The molecule has 0 radical (unpaired) electrons. The Balaban J connectivity index is 1.43. The Bertz CT molecular complexity index is 1000. The highest BCUT2D eigenvalue weighted by Gasteiger charge is 2.15. The van der Waals surface area contributed by atoms with Gasteiger partial charge >= 0.3 is 0 Å². The molecule has 0 amide bonds. The van der Waals surface area contributed by atoms with E-state index in [1.165, 1.54) is 0 Å². The summed E-state index contributed by atoms with van der Waals surface area (Å²) in [6, 6.07) is 14.2. The van der Waals surface area contributed by atoms with E-state index < -0.39 is 0 Å². The lowest BCUT2D eigenvalue weighted by molar-refractivity contribution is 0.312. The quantitative estimate of drug-likeness (QED) is 0.582. The molecule has 0 unspecified atom stereocenters. The largest absolute Gasteiger partial charge is 0.437 e. The summed E-state index contributed by atoms with van der Waals surface area (Å²) in [5.41, 5.74) is 2.01. The first kappa shape index (κ1) is 22.0. The first-order valence-electron chi connectivity index (χ1n) is 11.0. The van der Waals surface area contributed by atoms with Gasteiger partial charge in [-0.3, -0.25) is 4.98 Å². The molecule has 1 aliphatic rings. The molecule has 1 saturated heterocycles. The molecule has 0 aliphatic carbocycles. The molecule has 0 bridgehead atoms. The highest BCUT2D eigenvalue weighted by Crippen LogP contribution is 2.26. The molecule has 3 heterocycles. The monoisotopic (exact) mass is 433 g/mol. The van der Waals surface area contributed by atoms with Gasteiger partial charge in [0.05, 0.1) is 18.1 Å². The van der Waals surface area contributed by atoms with Gasteiger partial charge in [-0.05, 0) is 50.5 Å². The zero-order valence-electron chi connectivity index (χ0n) is 19.0. The van der Waals surface area contributed by atoms with Gasteiger partial charge in [0.2, 0.25) is 5.88 Å². The van der Waals surface area contributed by atoms with Crippen LogP contribution in [0, 0.1) is 0 Å². The van der Waals surface area contributed by atoms with E-state index in [-0.39, 0.29) is 0 Å². The van der Waals surface area contributed by atoms with Gasteiger partial charge < -0.3 is 24.8 Å². The van der Waals surface area contributed by atoms with Crippen LogP contribution in [0.25, 0.3) is 11.3 Å². The molecule has 1 aromatic carbocycles. The summed E-state index contributed by atoms with van der Waals surface area (Å²) in [5.74, 6) is 3.00. The standard InChI is InChI=1S/C24H31N7O/c1-25-11-12-30(3)23-17-26-18-24(28-23)32-20-9-7-19(8-10-20)21-5-4-6-22(27-21)31-15-13-29(2)14-16-31/h4-10,17-18,25H,11-16H2,1-3H3. The second-order valence-corrected chi connectivity index (χ2v) is 8.04. The van der Waals surface area contributed by atoms with Crippen LogP contribution in [0.5, 0.6) is 11.6 Å². The SMILES string of the molecule is CNCCN(C)c1cncc(Oc2ccc(-c3cccc(N4CCN(C)CC4)n3)cc2)n1. The summed E-state index contributed by atoms with van der Waals surface area (Å²) in [6.07, 6.45) is 3.37. The van der Waals surface area contributed by atoms with E-state index in [4.69, 9.17) is 9.72 Å². The number of hydrogen-bond acceptors (Lipinski definition) is 8. The minimum absolute atomic E-state index is 0.474. The number of piperazine rings is 1. The van der Waals surface area contributed by atoms with Crippen LogP contribution in [0.3, 0.4) is 0 Å². The van der Waals surface area contributed by atoms with Crippen LogP contribution in [0.4, 0.5) is 11.6 Å². The Hall–Kier alpha value is -3.23. The fourth-order valence-electron chi connectivity index (χ4n) is 3.58. The average molecular weight is 434 g/mol. The average Bonchev–Trinajstić information content (AvgIpc) is 2.84. The van der Waals surface area contributed by atoms with Crippen molar-refractivity contribution in [2.75, 3.05) is 70.2 Å².